The van der Waals surface area contributed by atoms with Crippen LogP contribution in [-0.2, 0) is 33.2 Å². The molecule has 4 aliphatic heterocycles. The Hall–Kier alpha value is -1.18. The summed E-state index contributed by atoms with van der Waals surface area (Å²) in [6.45, 7) is 7.37. The Bertz CT molecular complexity index is 1620. The van der Waals surface area contributed by atoms with Crippen molar-refractivity contribution in [1.82, 2.24) is 0 Å². The van der Waals surface area contributed by atoms with E-state index in [-0.39, 0.29) is 35.4 Å². The average Bonchev–Trinajstić information content (AvgIpc) is 3.76. The first-order valence-electron chi connectivity index (χ1n) is 23.6. The maximum atomic E-state index is 11.9. The standard InChI is InChI=1S/C45H74O19/c1-18(17-58-41-38(56)35(53)32(50)28(14-46)61-41)5-8-25-19(2)31-27(59-25)12-23-21-7-6-20-11-26(24(49)13-45(20,4)22(21)9-10-44(23,31)3)60-43-40(37(55)34(52)30(16-48)63-43)64-42-39(57)36(54)33(51)29(15-47)62-42/h18,20-24,26-43,46-57H,5-17H2,1-4H3/t18?,20-,21-,22+,23+,24+,26-,27+,28-,29-,30-,31+,32-,33-,34+,35+,36+,37+,38-,39-,40-,41-,42+,43-,44+,45+/m1/s1. The average molecular weight is 919 g/mol. The van der Waals surface area contributed by atoms with Crippen molar-refractivity contribution in [2.75, 3.05) is 26.4 Å². The Labute approximate surface area is 373 Å². The Morgan fingerprint density at radius 2 is 1.25 bits per heavy atom. The molecule has 26 atom stereocenters. The SMILES string of the molecule is CC1=C(CCC(C)CO[C@@H]2O[C@H](CO)[C@@H](O)[C@H](O)[C@H]2O)O[C@H]2C[C@H]3[C@@H]4CC[C@@H]5C[C@@H](O[C@@H]6O[C@H](CO)[C@H](O)[C@H](O)[C@H]6O[C@@H]6O[C@H](CO)[C@@H](O)[C@H](O)[C@H]6O)[C@@H](O)C[C@]5(C)[C@H]4CC[C@]3(C)[C@@H]12. The third kappa shape index (κ3) is 8.63. The van der Waals surface area contributed by atoms with E-state index in [0.717, 1.165) is 50.7 Å². The number of allylic oxidation sites excluding steroid dienone is 1. The molecule has 64 heavy (non-hydrogen) atoms. The largest absolute Gasteiger partial charge is 0.494 e. The molecular formula is C45H74O19. The highest BCUT2D eigenvalue weighted by molar-refractivity contribution is 5.27. The Balaban J connectivity index is 0.888. The van der Waals surface area contributed by atoms with Crippen molar-refractivity contribution >= 4 is 0 Å². The lowest BCUT2D eigenvalue weighted by molar-refractivity contribution is -0.376. The van der Waals surface area contributed by atoms with Gasteiger partial charge >= 0.3 is 0 Å². The first kappa shape index (κ1) is 49.2. The highest BCUT2D eigenvalue weighted by Gasteiger charge is 2.65. The lowest BCUT2D eigenvalue weighted by atomic mass is 9.44. The fourth-order valence-corrected chi connectivity index (χ4v) is 13.7. The summed E-state index contributed by atoms with van der Waals surface area (Å²) in [5.74, 6) is 2.88. The second-order valence-electron chi connectivity index (χ2n) is 21.0. The van der Waals surface area contributed by atoms with Crippen LogP contribution in [0.4, 0.5) is 0 Å². The van der Waals surface area contributed by atoms with Crippen LogP contribution >= 0.6 is 0 Å². The lowest BCUT2D eigenvalue weighted by Gasteiger charge is -2.61. The second kappa shape index (κ2) is 19.3. The molecule has 19 heteroatoms. The molecular weight excluding hydrogens is 844 g/mol. The maximum Gasteiger partial charge on any atom is 0.187 e. The monoisotopic (exact) mass is 918 g/mol. The normalized spacial score (nSPS) is 53.2. The molecule has 8 aliphatic rings. The molecule has 0 aromatic carbocycles. The van der Waals surface area contributed by atoms with Gasteiger partial charge in [-0.3, -0.25) is 0 Å². The molecule has 4 heterocycles. The fourth-order valence-electron chi connectivity index (χ4n) is 13.7. The minimum absolute atomic E-state index is 0.0561. The van der Waals surface area contributed by atoms with Gasteiger partial charge in [-0.25, -0.2) is 0 Å². The van der Waals surface area contributed by atoms with Gasteiger partial charge in [0, 0.05) is 12.3 Å². The number of aliphatic hydroxyl groups is 12. The van der Waals surface area contributed by atoms with Gasteiger partial charge in [-0.2, -0.15) is 0 Å². The summed E-state index contributed by atoms with van der Waals surface area (Å²) in [6, 6.07) is 0. The van der Waals surface area contributed by atoms with Crippen LogP contribution in [-0.4, -0.2) is 198 Å². The van der Waals surface area contributed by atoms with Crippen LogP contribution in [0.2, 0.25) is 0 Å². The highest BCUT2D eigenvalue weighted by atomic mass is 16.8. The second-order valence-corrected chi connectivity index (χ2v) is 21.0. The van der Waals surface area contributed by atoms with E-state index in [1.54, 1.807) is 0 Å². The minimum Gasteiger partial charge on any atom is -0.494 e. The molecule has 0 radical (unpaired) electrons. The van der Waals surface area contributed by atoms with E-state index in [4.69, 9.17) is 33.2 Å². The fraction of sp³-hybridized carbons (Fsp3) is 0.956. The van der Waals surface area contributed by atoms with E-state index in [1.807, 2.05) is 6.92 Å². The zero-order valence-corrected chi connectivity index (χ0v) is 37.3. The molecule has 0 aromatic rings. The molecule has 0 aromatic heterocycles. The summed E-state index contributed by atoms with van der Waals surface area (Å²) < 4.78 is 41.9. The van der Waals surface area contributed by atoms with E-state index in [0.29, 0.717) is 36.5 Å². The molecule has 12 N–H and O–H groups in total. The zero-order valence-electron chi connectivity index (χ0n) is 37.3. The van der Waals surface area contributed by atoms with Crippen molar-refractivity contribution in [3.8, 4) is 0 Å². The van der Waals surface area contributed by atoms with E-state index < -0.39 is 124 Å². The molecule has 4 saturated carbocycles. The van der Waals surface area contributed by atoms with Crippen molar-refractivity contribution in [1.29, 1.82) is 0 Å². The zero-order chi connectivity index (χ0) is 46.2. The van der Waals surface area contributed by atoms with Gasteiger partial charge in [0.05, 0.1) is 44.4 Å². The van der Waals surface area contributed by atoms with Crippen LogP contribution in [0, 0.1) is 46.3 Å². The van der Waals surface area contributed by atoms with Crippen LogP contribution in [0.3, 0.4) is 0 Å². The van der Waals surface area contributed by atoms with Gasteiger partial charge in [-0.05, 0) is 104 Å². The Morgan fingerprint density at radius 3 is 1.89 bits per heavy atom. The summed E-state index contributed by atoms with van der Waals surface area (Å²) in [6.07, 6.45) is -16.4. The first-order chi connectivity index (χ1) is 30.4. The molecule has 0 bridgehead atoms. The van der Waals surface area contributed by atoms with Crippen molar-refractivity contribution in [2.24, 2.45) is 46.3 Å². The van der Waals surface area contributed by atoms with Crippen LogP contribution in [0.1, 0.15) is 85.5 Å². The Morgan fingerprint density at radius 1 is 0.656 bits per heavy atom. The lowest BCUT2D eigenvalue weighted by Crippen LogP contribution is -2.65. The molecule has 8 rings (SSSR count). The van der Waals surface area contributed by atoms with Gasteiger partial charge in [0.15, 0.2) is 18.9 Å². The number of ether oxygens (including phenoxy) is 7. The van der Waals surface area contributed by atoms with Crippen molar-refractivity contribution < 1.29 is 94.4 Å². The minimum atomic E-state index is -1.79. The van der Waals surface area contributed by atoms with E-state index in [9.17, 15) is 61.3 Å². The Kier molecular flexibility index (Phi) is 14.9. The molecule has 1 unspecified atom stereocenters. The molecule has 7 fully saturated rings. The van der Waals surface area contributed by atoms with Gasteiger partial charge in [0.2, 0.25) is 0 Å². The predicted octanol–water partition coefficient (Wildman–Crippen LogP) is -1.86. The molecule has 0 spiro atoms. The van der Waals surface area contributed by atoms with Crippen LogP contribution in [0.25, 0.3) is 0 Å². The van der Waals surface area contributed by atoms with E-state index >= 15 is 0 Å². The van der Waals surface area contributed by atoms with E-state index in [2.05, 4.69) is 20.8 Å². The van der Waals surface area contributed by atoms with Gasteiger partial charge in [0.1, 0.15) is 79.4 Å². The number of hydrogen-bond acceptors (Lipinski definition) is 19. The molecule has 19 nitrogen and oxygen atoms in total. The number of rotatable bonds is 13. The quantitative estimate of drug-likeness (QED) is 0.0902. The third-order valence-corrected chi connectivity index (χ3v) is 17.4. The number of fused-ring (bicyclic) bond motifs is 7. The van der Waals surface area contributed by atoms with Crippen molar-refractivity contribution in [3.05, 3.63) is 11.3 Å². The van der Waals surface area contributed by atoms with E-state index in [1.165, 1.54) is 5.57 Å². The number of aliphatic hydroxyl groups excluding tert-OH is 12. The van der Waals surface area contributed by atoms with Crippen LogP contribution < -0.4 is 0 Å². The smallest absolute Gasteiger partial charge is 0.187 e. The molecule has 368 valence electrons. The van der Waals surface area contributed by atoms with Crippen LogP contribution in [0.15, 0.2) is 11.3 Å². The summed E-state index contributed by atoms with van der Waals surface area (Å²) in [5.41, 5.74) is 1.18. The summed E-state index contributed by atoms with van der Waals surface area (Å²) in [4.78, 5) is 0. The summed E-state index contributed by atoms with van der Waals surface area (Å²) in [5, 5.41) is 125. The molecule has 0 amide bonds. The predicted molar refractivity (Wildman–Crippen MR) is 219 cm³/mol. The van der Waals surface area contributed by atoms with Gasteiger partial charge < -0.3 is 94.4 Å². The maximum absolute atomic E-state index is 11.9. The summed E-state index contributed by atoms with van der Waals surface area (Å²) in [7, 11) is 0. The molecule has 3 saturated heterocycles. The van der Waals surface area contributed by atoms with Gasteiger partial charge in [-0.1, -0.05) is 20.8 Å². The molecule has 4 aliphatic carbocycles. The number of hydrogen-bond donors (Lipinski definition) is 12. The third-order valence-electron chi connectivity index (χ3n) is 17.4. The highest BCUT2D eigenvalue weighted by Crippen LogP contribution is 2.70. The van der Waals surface area contributed by atoms with Gasteiger partial charge in [0.25, 0.3) is 0 Å². The van der Waals surface area contributed by atoms with Crippen molar-refractivity contribution in [3.63, 3.8) is 0 Å². The topological polar surface area (TPSA) is 307 Å². The van der Waals surface area contributed by atoms with Crippen LogP contribution in [0.5, 0.6) is 0 Å². The summed E-state index contributed by atoms with van der Waals surface area (Å²) >= 11 is 0. The first-order valence-corrected chi connectivity index (χ1v) is 23.6. The van der Waals surface area contributed by atoms with Gasteiger partial charge in [-0.15, -0.1) is 0 Å². The van der Waals surface area contributed by atoms with Crippen molar-refractivity contribution in [2.45, 2.75) is 196 Å².